The van der Waals surface area contributed by atoms with Crippen LogP contribution in [-0.2, 0) is 11.3 Å². The lowest BCUT2D eigenvalue weighted by molar-refractivity contribution is -0.115. The number of ether oxygens (including phenoxy) is 1. The number of aromatic nitrogens is 2. The number of nitrogens with one attached hydrogen (secondary N) is 1. The molecule has 0 aliphatic carbocycles. The Morgan fingerprint density at radius 3 is 2.74 bits per heavy atom. The van der Waals surface area contributed by atoms with Crippen LogP contribution in [0, 0.1) is 0 Å². The predicted molar refractivity (Wildman–Crippen MR) is 94.1 cm³/mol. The minimum Gasteiger partial charge on any atom is -0.497 e. The number of carbonyl (C=O) groups excluding carboxylic acids is 1. The van der Waals surface area contributed by atoms with Gasteiger partial charge in [-0.25, -0.2) is 4.68 Å². The molecule has 1 heterocycles. The highest BCUT2D eigenvalue weighted by atomic mass is 32.2. The first-order chi connectivity index (χ1) is 11.1. The molecule has 1 aromatic heterocycles. The Bertz CT molecular complexity index is 625. The van der Waals surface area contributed by atoms with Crippen LogP contribution in [0.1, 0.15) is 26.7 Å². The fourth-order valence-corrected chi connectivity index (χ4v) is 2.93. The number of benzene rings is 1. The number of amides is 1. The first-order valence-electron chi connectivity index (χ1n) is 7.77. The molecule has 1 atom stereocenters. The fourth-order valence-electron chi connectivity index (χ4n) is 2.06. The second-order valence-corrected chi connectivity index (χ2v) is 6.63. The van der Waals surface area contributed by atoms with Gasteiger partial charge in [0, 0.05) is 17.5 Å². The summed E-state index contributed by atoms with van der Waals surface area (Å²) in [6.45, 7) is 4.85. The van der Waals surface area contributed by atoms with Crippen molar-refractivity contribution in [2.75, 3.05) is 12.4 Å². The molecule has 124 valence electrons. The molecule has 1 unspecified atom stereocenters. The Morgan fingerprint density at radius 2 is 2.09 bits per heavy atom. The minimum absolute atomic E-state index is 0.0240. The van der Waals surface area contributed by atoms with Crippen molar-refractivity contribution < 1.29 is 9.53 Å². The highest BCUT2D eigenvalue weighted by Gasteiger charge is 2.16. The molecule has 6 heteroatoms. The van der Waals surface area contributed by atoms with Gasteiger partial charge in [-0.3, -0.25) is 4.79 Å². The van der Waals surface area contributed by atoms with E-state index in [-0.39, 0.29) is 11.2 Å². The van der Waals surface area contributed by atoms with Crippen molar-refractivity contribution in [1.82, 2.24) is 9.78 Å². The van der Waals surface area contributed by atoms with E-state index in [0.717, 1.165) is 35.8 Å². The van der Waals surface area contributed by atoms with Gasteiger partial charge in [-0.05, 0) is 37.6 Å². The third-order valence-corrected chi connectivity index (χ3v) is 4.54. The predicted octanol–water partition coefficient (Wildman–Crippen LogP) is 3.81. The molecule has 2 aromatic rings. The van der Waals surface area contributed by atoms with Gasteiger partial charge in [0.05, 0.1) is 18.6 Å². The van der Waals surface area contributed by atoms with Crippen molar-refractivity contribution in [2.45, 2.75) is 43.4 Å². The Kier molecular flexibility index (Phi) is 6.52. The Hall–Kier alpha value is -1.95. The number of rotatable bonds is 8. The molecule has 0 saturated heterocycles. The van der Waals surface area contributed by atoms with Crippen molar-refractivity contribution in [3.63, 3.8) is 0 Å². The molecule has 0 spiro atoms. The van der Waals surface area contributed by atoms with Crippen LogP contribution in [-0.4, -0.2) is 28.0 Å². The third-order valence-electron chi connectivity index (χ3n) is 3.43. The maximum atomic E-state index is 12.4. The number of anilines is 1. The number of hydrogen-bond donors (Lipinski definition) is 1. The lowest BCUT2D eigenvalue weighted by Crippen LogP contribution is -2.24. The summed E-state index contributed by atoms with van der Waals surface area (Å²) in [5.41, 5.74) is 0. The number of hydrogen-bond acceptors (Lipinski definition) is 4. The van der Waals surface area contributed by atoms with Crippen LogP contribution < -0.4 is 10.1 Å². The second-order valence-electron chi connectivity index (χ2n) is 5.22. The second kappa shape index (κ2) is 8.62. The molecule has 0 fully saturated rings. The van der Waals surface area contributed by atoms with Gasteiger partial charge in [0.1, 0.15) is 11.6 Å². The summed E-state index contributed by atoms with van der Waals surface area (Å²) in [7, 11) is 1.64. The first-order valence-corrected chi connectivity index (χ1v) is 8.65. The topological polar surface area (TPSA) is 56.2 Å². The summed E-state index contributed by atoms with van der Waals surface area (Å²) >= 11 is 1.52. The smallest absolute Gasteiger partial charge is 0.238 e. The average Bonchev–Trinajstić information content (AvgIpc) is 3.00. The Morgan fingerprint density at radius 1 is 1.35 bits per heavy atom. The standard InChI is InChI=1S/C17H23N3O2S/c1-4-5-12-20-16(10-11-18-20)19-17(21)13(2)23-15-8-6-14(22-3)7-9-15/h6-11,13H,4-5,12H2,1-3H3,(H,19,21). The quantitative estimate of drug-likeness (QED) is 0.746. The summed E-state index contributed by atoms with van der Waals surface area (Å²) < 4.78 is 6.98. The van der Waals surface area contributed by atoms with E-state index in [1.165, 1.54) is 11.8 Å². The third kappa shape index (κ3) is 5.03. The number of methoxy groups -OCH3 is 1. The van der Waals surface area contributed by atoms with Crippen molar-refractivity contribution in [2.24, 2.45) is 0 Å². The molecule has 0 aliphatic rings. The summed E-state index contributed by atoms with van der Waals surface area (Å²) in [5, 5.41) is 7.01. The zero-order valence-electron chi connectivity index (χ0n) is 13.8. The van der Waals surface area contributed by atoms with Gasteiger partial charge in [0.15, 0.2) is 0 Å². The number of nitrogens with zero attached hydrogens (tertiary/aromatic N) is 2. The van der Waals surface area contributed by atoms with Crippen LogP contribution in [0.3, 0.4) is 0 Å². The van der Waals surface area contributed by atoms with E-state index in [4.69, 9.17) is 4.74 Å². The van der Waals surface area contributed by atoms with Crippen molar-refractivity contribution in [3.8, 4) is 5.75 Å². The number of unbranched alkanes of at least 4 members (excludes halogenated alkanes) is 1. The maximum absolute atomic E-state index is 12.4. The van der Waals surface area contributed by atoms with E-state index in [1.54, 1.807) is 13.3 Å². The number of carbonyl (C=O) groups is 1. The van der Waals surface area contributed by atoms with E-state index in [9.17, 15) is 4.79 Å². The Labute approximate surface area is 141 Å². The van der Waals surface area contributed by atoms with E-state index >= 15 is 0 Å². The van der Waals surface area contributed by atoms with Crippen molar-refractivity contribution in [1.29, 1.82) is 0 Å². The van der Waals surface area contributed by atoms with Gasteiger partial charge in [-0.2, -0.15) is 5.10 Å². The van der Waals surface area contributed by atoms with E-state index in [1.807, 2.05) is 41.9 Å². The van der Waals surface area contributed by atoms with Gasteiger partial charge in [-0.1, -0.05) is 13.3 Å². The van der Waals surface area contributed by atoms with Gasteiger partial charge in [-0.15, -0.1) is 11.8 Å². The maximum Gasteiger partial charge on any atom is 0.238 e. The zero-order valence-corrected chi connectivity index (χ0v) is 14.6. The zero-order chi connectivity index (χ0) is 16.7. The van der Waals surface area contributed by atoms with Crippen molar-refractivity contribution >= 4 is 23.5 Å². The lowest BCUT2D eigenvalue weighted by atomic mass is 10.3. The molecule has 5 nitrogen and oxygen atoms in total. The van der Waals surface area contributed by atoms with Crippen LogP contribution in [0.5, 0.6) is 5.75 Å². The van der Waals surface area contributed by atoms with Crippen molar-refractivity contribution in [3.05, 3.63) is 36.5 Å². The molecule has 0 saturated carbocycles. The minimum atomic E-state index is -0.196. The summed E-state index contributed by atoms with van der Waals surface area (Å²) in [4.78, 5) is 13.4. The molecule has 0 radical (unpaired) electrons. The number of thioether (sulfide) groups is 1. The lowest BCUT2D eigenvalue weighted by Gasteiger charge is -2.13. The normalized spacial score (nSPS) is 12.0. The van der Waals surface area contributed by atoms with Gasteiger partial charge in [0.25, 0.3) is 0 Å². The van der Waals surface area contributed by atoms with Crippen LogP contribution >= 0.6 is 11.8 Å². The molecule has 1 aromatic carbocycles. The fraction of sp³-hybridized carbons (Fsp3) is 0.412. The molecule has 0 aliphatic heterocycles. The summed E-state index contributed by atoms with van der Waals surface area (Å²) in [6, 6.07) is 9.54. The highest BCUT2D eigenvalue weighted by Crippen LogP contribution is 2.26. The largest absolute Gasteiger partial charge is 0.497 e. The van der Waals surface area contributed by atoms with E-state index < -0.39 is 0 Å². The molecule has 1 N–H and O–H groups in total. The monoisotopic (exact) mass is 333 g/mol. The average molecular weight is 333 g/mol. The van der Waals surface area contributed by atoms with Crippen LogP contribution in [0.4, 0.5) is 5.82 Å². The first kappa shape index (κ1) is 17.4. The van der Waals surface area contributed by atoms with Crippen LogP contribution in [0.2, 0.25) is 0 Å². The molecule has 23 heavy (non-hydrogen) atoms. The Balaban J connectivity index is 1.93. The SMILES string of the molecule is CCCCn1nccc1NC(=O)C(C)Sc1ccc(OC)cc1. The molecule has 1 amide bonds. The van der Waals surface area contributed by atoms with E-state index in [0.29, 0.717) is 0 Å². The summed E-state index contributed by atoms with van der Waals surface area (Å²) in [5.74, 6) is 1.54. The van der Waals surface area contributed by atoms with Crippen LogP contribution in [0.25, 0.3) is 0 Å². The molecular weight excluding hydrogens is 310 g/mol. The molecule has 2 rings (SSSR count). The van der Waals surface area contributed by atoms with E-state index in [2.05, 4.69) is 17.3 Å². The van der Waals surface area contributed by atoms with Gasteiger partial charge in [0.2, 0.25) is 5.91 Å². The summed E-state index contributed by atoms with van der Waals surface area (Å²) in [6.07, 6.45) is 3.85. The van der Waals surface area contributed by atoms with Gasteiger partial charge < -0.3 is 10.1 Å². The highest BCUT2D eigenvalue weighted by molar-refractivity contribution is 8.00. The molecular formula is C17H23N3O2S. The number of aryl methyl sites for hydroxylation is 1. The molecule has 0 bridgehead atoms. The van der Waals surface area contributed by atoms with Gasteiger partial charge >= 0.3 is 0 Å². The van der Waals surface area contributed by atoms with Crippen LogP contribution in [0.15, 0.2) is 41.4 Å².